The average molecular weight is 296 g/mol. The van der Waals surface area contributed by atoms with Crippen LogP contribution in [0.2, 0.25) is 5.02 Å². The van der Waals surface area contributed by atoms with Gasteiger partial charge in [0.1, 0.15) is 0 Å². The molecule has 1 aromatic carbocycles. The van der Waals surface area contributed by atoms with Gasteiger partial charge in [0.2, 0.25) is 0 Å². The SMILES string of the molecule is FC(F)(F)c1ccc(Cl)c(NCC2CCSC2)c1. The third kappa shape index (κ3) is 3.48. The second-order valence-corrected chi connectivity index (χ2v) is 5.86. The molecule has 1 saturated heterocycles. The predicted molar refractivity (Wildman–Crippen MR) is 70.4 cm³/mol. The molecule has 1 aromatic rings. The molecule has 1 N–H and O–H groups in total. The van der Waals surface area contributed by atoms with E-state index in [1.165, 1.54) is 6.07 Å². The monoisotopic (exact) mass is 295 g/mol. The van der Waals surface area contributed by atoms with Gasteiger partial charge in [-0.05, 0) is 42.0 Å². The molecular formula is C12H13ClF3NS. The third-order valence-corrected chi connectivity index (χ3v) is 4.46. The van der Waals surface area contributed by atoms with Gasteiger partial charge in [0, 0.05) is 6.54 Å². The van der Waals surface area contributed by atoms with Crippen molar-refractivity contribution in [2.45, 2.75) is 12.6 Å². The van der Waals surface area contributed by atoms with E-state index < -0.39 is 11.7 Å². The summed E-state index contributed by atoms with van der Waals surface area (Å²) in [5.74, 6) is 2.70. The summed E-state index contributed by atoms with van der Waals surface area (Å²) in [6, 6.07) is 3.36. The topological polar surface area (TPSA) is 12.0 Å². The highest BCUT2D eigenvalue weighted by Crippen LogP contribution is 2.34. The first kappa shape index (κ1) is 13.9. The van der Waals surface area contributed by atoms with Gasteiger partial charge in [-0.25, -0.2) is 0 Å². The fraction of sp³-hybridized carbons (Fsp3) is 0.500. The number of nitrogens with one attached hydrogen (secondary N) is 1. The van der Waals surface area contributed by atoms with Gasteiger partial charge in [-0.2, -0.15) is 24.9 Å². The van der Waals surface area contributed by atoms with E-state index in [9.17, 15) is 13.2 Å². The van der Waals surface area contributed by atoms with Crippen LogP contribution in [-0.4, -0.2) is 18.1 Å². The summed E-state index contributed by atoms with van der Waals surface area (Å²) in [7, 11) is 0. The summed E-state index contributed by atoms with van der Waals surface area (Å²) in [5.41, 5.74) is -0.307. The van der Waals surface area contributed by atoms with Crippen LogP contribution in [0.25, 0.3) is 0 Å². The highest BCUT2D eigenvalue weighted by Gasteiger charge is 2.31. The number of rotatable bonds is 3. The molecule has 1 fully saturated rings. The van der Waals surface area contributed by atoms with Gasteiger partial charge >= 0.3 is 6.18 Å². The lowest BCUT2D eigenvalue weighted by atomic mass is 10.1. The lowest BCUT2D eigenvalue weighted by Crippen LogP contribution is -2.14. The minimum absolute atomic E-state index is 0.327. The zero-order valence-corrected chi connectivity index (χ0v) is 11.1. The molecule has 0 spiro atoms. The van der Waals surface area contributed by atoms with Crippen molar-refractivity contribution in [3.05, 3.63) is 28.8 Å². The van der Waals surface area contributed by atoms with Gasteiger partial charge in [-0.15, -0.1) is 0 Å². The maximum absolute atomic E-state index is 12.6. The van der Waals surface area contributed by atoms with E-state index in [4.69, 9.17) is 11.6 Å². The number of alkyl halides is 3. The van der Waals surface area contributed by atoms with Crippen molar-refractivity contribution in [3.63, 3.8) is 0 Å². The quantitative estimate of drug-likeness (QED) is 0.879. The summed E-state index contributed by atoms with van der Waals surface area (Å²) in [6.45, 7) is 0.675. The Morgan fingerprint density at radius 2 is 2.17 bits per heavy atom. The molecule has 1 atom stereocenters. The molecule has 1 heterocycles. The first-order chi connectivity index (χ1) is 8.47. The van der Waals surface area contributed by atoms with Crippen LogP contribution in [0.5, 0.6) is 0 Å². The van der Waals surface area contributed by atoms with Gasteiger partial charge in [0.05, 0.1) is 16.3 Å². The number of thioether (sulfide) groups is 1. The number of halogens is 4. The average Bonchev–Trinajstić information content (AvgIpc) is 2.79. The molecular weight excluding hydrogens is 283 g/mol. The number of benzene rings is 1. The molecule has 1 aliphatic rings. The van der Waals surface area contributed by atoms with E-state index in [0.717, 1.165) is 30.1 Å². The zero-order chi connectivity index (χ0) is 13.2. The molecule has 0 aromatic heterocycles. The fourth-order valence-corrected chi connectivity index (χ4v) is 3.30. The Labute approximate surface area is 113 Å². The van der Waals surface area contributed by atoms with Gasteiger partial charge in [0.15, 0.2) is 0 Å². The van der Waals surface area contributed by atoms with Crippen molar-refractivity contribution in [1.82, 2.24) is 0 Å². The summed E-state index contributed by atoms with van der Waals surface area (Å²) in [4.78, 5) is 0. The normalized spacial score (nSPS) is 20.1. The molecule has 1 unspecified atom stereocenters. The summed E-state index contributed by atoms with van der Waals surface area (Å²) >= 11 is 7.77. The van der Waals surface area contributed by atoms with Crippen molar-refractivity contribution in [2.24, 2.45) is 5.92 Å². The number of anilines is 1. The molecule has 6 heteroatoms. The zero-order valence-electron chi connectivity index (χ0n) is 9.56. The van der Waals surface area contributed by atoms with Crippen molar-refractivity contribution in [1.29, 1.82) is 0 Å². The van der Waals surface area contributed by atoms with E-state index in [1.807, 2.05) is 11.8 Å². The molecule has 0 bridgehead atoms. The van der Waals surface area contributed by atoms with Crippen LogP contribution in [0.3, 0.4) is 0 Å². The third-order valence-electron chi connectivity index (χ3n) is 2.90. The van der Waals surface area contributed by atoms with Crippen molar-refractivity contribution in [3.8, 4) is 0 Å². The van der Waals surface area contributed by atoms with Crippen molar-refractivity contribution in [2.75, 3.05) is 23.4 Å². The Morgan fingerprint density at radius 3 is 2.78 bits per heavy atom. The molecule has 0 amide bonds. The van der Waals surface area contributed by atoms with Crippen molar-refractivity contribution >= 4 is 29.1 Å². The van der Waals surface area contributed by atoms with Crippen molar-refractivity contribution < 1.29 is 13.2 Å². The van der Waals surface area contributed by atoms with Gasteiger partial charge in [-0.1, -0.05) is 11.6 Å². The second kappa shape index (κ2) is 5.61. The number of hydrogen-bond donors (Lipinski definition) is 1. The molecule has 1 nitrogen and oxygen atoms in total. The van der Waals surface area contributed by atoms with E-state index in [2.05, 4.69) is 5.32 Å². The Kier molecular flexibility index (Phi) is 4.33. The fourth-order valence-electron chi connectivity index (χ4n) is 1.84. The molecule has 18 heavy (non-hydrogen) atoms. The van der Waals surface area contributed by atoms with Gasteiger partial charge in [0.25, 0.3) is 0 Å². The van der Waals surface area contributed by atoms with Crippen LogP contribution in [0.1, 0.15) is 12.0 Å². The molecule has 0 radical (unpaired) electrons. The number of hydrogen-bond acceptors (Lipinski definition) is 2. The molecule has 0 saturated carbocycles. The minimum atomic E-state index is -4.33. The van der Waals surface area contributed by atoms with Crippen LogP contribution in [-0.2, 0) is 6.18 Å². The van der Waals surface area contributed by atoms with Crippen LogP contribution in [0, 0.1) is 5.92 Å². The maximum atomic E-state index is 12.6. The Balaban J connectivity index is 2.06. The smallest absolute Gasteiger partial charge is 0.384 e. The largest absolute Gasteiger partial charge is 0.416 e. The Morgan fingerprint density at radius 1 is 1.39 bits per heavy atom. The first-order valence-electron chi connectivity index (χ1n) is 5.65. The van der Waals surface area contributed by atoms with Crippen LogP contribution in [0.4, 0.5) is 18.9 Å². The summed E-state index contributed by atoms with van der Waals surface area (Å²) < 4.78 is 37.7. The van der Waals surface area contributed by atoms with Gasteiger partial charge in [-0.3, -0.25) is 0 Å². The lowest BCUT2D eigenvalue weighted by molar-refractivity contribution is -0.137. The maximum Gasteiger partial charge on any atom is 0.416 e. The first-order valence-corrected chi connectivity index (χ1v) is 7.18. The van der Waals surface area contributed by atoms with Gasteiger partial charge < -0.3 is 5.32 Å². The van der Waals surface area contributed by atoms with E-state index in [0.29, 0.717) is 23.2 Å². The molecule has 1 aliphatic heterocycles. The minimum Gasteiger partial charge on any atom is -0.384 e. The van der Waals surface area contributed by atoms with Crippen LogP contribution in [0.15, 0.2) is 18.2 Å². The summed E-state index contributed by atoms with van der Waals surface area (Å²) in [5, 5.41) is 3.35. The Bertz CT molecular complexity index is 416. The van der Waals surface area contributed by atoms with Crippen LogP contribution >= 0.6 is 23.4 Å². The van der Waals surface area contributed by atoms with E-state index in [-0.39, 0.29) is 0 Å². The standard InChI is InChI=1S/C12H13ClF3NS/c13-10-2-1-9(12(14,15)16)5-11(10)17-6-8-3-4-18-7-8/h1-2,5,8,17H,3-4,6-7H2. The summed E-state index contributed by atoms with van der Waals surface area (Å²) in [6.07, 6.45) is -3.22. The van der Waals surface area contributed by atoms with E-state index in [1.54, 1.807) is 0 Å². The second-order valence-electron chi connectivity index (χ2n) is 4.30. The van der Waals surface area contributed by atoms with Crippen LogP contribution < -0.4 is 5.32 Å². The van der Waals surface area contributed by atoms with E-state index >= 15 is 0 Å². The molecule has 100 valence electrons. The lowest BCUT2D eigenvalue weighted by Gasteiger charge is -2.14. The predicted octanol–water partition coefficient (Wildman–Crippen LogP) is 4.52. The highest BCUT2D eigenvalue weighted by molar-refractivity contribution is 7.99. The molecule has 2 rings (SSSR count). The highest BCUT2D eigenvalue weighted by atomic mass is 35.5. The Hall–Kier alpha value is -0.550. The molecule has 0 aliphatic carbocycles.